The summed E-state index contributed by atoms with van der Waals surface area (Å²) < 4.78 is 5.15. The van der Waals surface area contributed by atoms with Crippen molar-refractivity contribution < 1.29 is 19.1 Å². The van der Waals surface area contributed by atoms with Crippen molar-refractivity contribution in [1.82, 2.24) is 10.6 Å². The summed E-state index contributed by atoms with van der Waals surface area (Å²) >= 11 is 5.12. The van der Waals surface area contributed by atoms with E-state index in [0.717, 1.165) is 12.0 Å². The van der Waals surface area contributed by atoms with Gasteiger partial charge in [-0.15, -0.1) is 0 Å². The second kappa shape index (κ2) is 13.1. The first kappa shape index (κ1) is 24.0. The summed E-state index contributed by atoms with van der Waals surface area (Å²) in [7, 11) is 0. The molecule has 0 fully saturated rings. The SMILES string of the molecule is CCCNC(=O)c1ccc(NC(=S)NC(=O)CCC(=O)OCCc2ccccc2)cc1. The van der Waals surface area contributed by atoms with Crippen molar-refractivity contribution in [3.63, 3.8) is 0 Å². The number of carbonyl (C=O) groups excluding carboxylic acids is 3. The number of thiocarbonyl (C=S) groups is 1. The molecule has 31 heavy (non-hydrogen) atoms. The standard InChI is InChI=1S/C23H27N3O4S/c1-2-15-24-22(29)18-8-10-19(11-9-18)25-23(31)26-20(27)12-13-21(28)30-16-14-17-6-4-3-5-7-17/h3-11H,2,12-16H2,1H3,(H,24,29)(H2,25,26,27,31). The molecule has 0 unspecified atom stereocenters. The molecular weight excluding hydrogens is 414 g/mol. The van der Waals surface area contributed by atoms with E-state index in [1.165, 1.54) is 0 Å². The fourth-order valence-electron chi connectivity index (χ4n) is 2.61. The van der Waals surface area contributed by atoms with E-state index in [-0.39, 0.29) is 36.4 Å². The summed E-state index contributed by atoms with van der Waals surface area (Å²) in [4.78, 5) is 35.7. The molecule has 0 aliphatic rings. The Hall–Kier alpha value is -3.26. The van der Waals surface area contributed by atoms with Gasteiger partial charge in [-0.1, -0.05) is 37.3 Å². The number of hydrogen-bond donors (Lipinski definition) is 3. The number of nitrogens with one attached hydrogen (secondary N) is 3. The Labute approximate surface area is 187 Å². The van der Waals surface area contributed by atoms with Gasteiger partial charge in [0.15, 0.2) is 5.11 Å². The zero-order chi connectivity index (χ0) is 22.5. The zero-order valence-electron chi connectivity index (χ0n) is 17.5. The predicted octanol–water partition coefficient (Wildman–Crippen LogP) is 3.21. The number of ether oxygens (including phenoxy) is 1. The van der Waals surface area contributed by atoms with Crippen molar-refractivity contribution in [2.75, 3.05) is 18.5 Å². The summed E-state index contributed by atoms with van der Waals surface area (Å²) in [5.74, 6) is -0.949. The number of anilines is 1. The molecule has 164 valence electrons. The van der Waals surface area contributed by atoms with Gasteiger partial charge in [0.25, 0.3) is 5.91 Å². The number of benzene rings is 2. The molecule has 8 heteroatoms. The Bertz CT molecular complexity index is 885. The molecule has 0 aromatic heterocycles. The summed E-state index contributed by atoms with van der Waals surface area (Å²) in [6.45, 7) is 2.88. The van der Waals surface area contributed by atoms with E-state index in [1.54, 1.807) is 24.3 Å². The van der Waals surface area contributed by atoms with Gasteiger partial charge in [0.2, 0.25) is 5.91 Å². The van der Waals surface area contributed by atoms with Crippen LogP contribution in [-0.2, 0) is 20.7 Å². The van der Waals surface area contributed by atoms with Crippen molar-refractivity contribution in [3.05, 3.63) is 65.7 Å². The third-order valence-corrected chi connectivity index (χ3v) is 4.45. The van der Waals surface area contributed by atoms with Crippen LogP contribution in [0.1, 0.15) is 42.1 Å². The van der Waals surface area contributed by atoms with E-state index in [0.29, 0.717) is 24.2 Å². The highest BCUT2D eigenvalue weighted by molar-refractivity contribution is 7.80. The van der Waals surface area contributed by atoms with Crippen LogP contribution in [0.4, 0.5) is 5.69 Å². The lowest BCUT2D eigenvalue weighted by molar-refractivity contribution is -0.144. The van der Waals surface area contributed by atoms with E-state index in [2.05, 4.69) is 16.0 Å². The average Bonchev–Trinajstić information content (AvgIpc) is 2.77. The number of carbonyl (C=O) groups is 3. The van der Waals surface area contributed by atoms with Crippen molar-refractivity contribution in [2.24, 2.45) is 0 Å². The van der Waals surface area contributed by atoms with E-state index in [9.17, 15) is 14.4 Å². The fourth-order valence-corrected chi connectivity index (χ4v) is 2.84. The molecule has 2 aromatic rings. The van der Waals surface area contributed by atoms with Crippen LogP contribution in [-0.4, -0.2) is 36.0 Å². The highest BCUT2D eigenvalue weighted by atomic mass is 32.1. The van der Waals surface area contributed by atoms with Crippen LogP contribution < -0.4 is 16.0 Å². The smallest absolute Gasteiger partial charge is 0.306 e. The Morgan fingerprint density at radius 2 is 1.68 bits per heavy atom. The third-order valence-electron chi connectivity index (χ3n) is 4.25. The summed E-state index contributed by atoms with van der Waals surface area (Å²) in [6, 6.07) is 16.4. The topological polar surface area (TPSA) is 96.5 Å². The second-order valence-corrected chi connectivity index (χ2v) is 7.20. The van der Waals surface area contributed by atoms with Gasteiger partial charge in [0, 0.05) is 30.6 Å². The first-order chi connectivity index (χ1) is 15.0. The second-order valence-electron chi connectivity index (χ2n) is 6.79. The summed E-state index contributed by atoms with van der Waals surface area (Å²) in [6.07, 6.45) is 1.45. The normalized spacial score (nSPS) is 10.1. The molecule has 0 atom stereocenters. The molecule has 0 spiro atoms. The van der Waals surface area contributed by atoms with Gasteiger partial charge in [-0.25, -0.2) is 0 Å². The molecule has 7 nitrogen and oxygen atoms in total. The molecule has 0 saturated heterocycles. The minimum atomic E-state index is -0.429. The molecule has 2 aromatic carbocycles. The monoisotopic (exact) mass is 441 g/mol. The maximum atomic E-state index is 12.0. The van der Waals surface area contributed by atoms with Gasteiger partial charge in [0.05, 0.1) is 13.0 Å². The number of hydrogen-bond acceptors (Lipinski definition) is 5. The lowest BCUT2D eigenvalue weighted by Crippen LogP contribution is -2.34. The molecule has 0 bridgehead atoms. The predicted molar refractivity (Wildman–Crippen MR) is 124 cm³/mol. The Kier molecular flexibility index (Phi) is 10.2. The molecule has 0 aliphatic heterocycles. The molecule has 0 saturated carbocycles. The van der Waals surface area contributed by atoms with Crippen LogP contribution in [0.5, 0.6) is 0 Å². The molecule has 3 N–H and O–H groups in total. The van der Waals surface area contributed by atoms with E-state index < -0.39 is 5.97 Å². The van der Waals surface area contributed by atoms with Gasteiger partial charge in [-0.2, -0.15) is 0 Å². The van der Waals surface area contributed by atoms with Crippen molar-refractivity contribution in [3.8, 4) is 0 Å². The highest BCUT2D eigenvalue weighted by Gasteiger charge is 2.10. The van der Waals surface area contributed by atoms with Crippen LogP contribution in [0.2, 0.25) is 0 Å². The quantitative estimate of drug-likeness (QED) is 0.387. The highest BCUT2D eigenvalue weighted by Crippen LogP contribution is 2.09. The zero-order valence-corrected chi connectivity index (χ0v) is 18.3. The van der Waals surface area contributed by atoms with Crippen LogP contribution in [0.3, 0.4) is 0 Å². The van der Waals surface area contributed by atoms with Crippen LogP contribution in [0.25, 0.3) is 0 Å². The Morgan fingerprint density at radius 3 is 2.35 bits per heavy atom. The lowest BCUT2D eigenvalue weighted by Gasteiger charge is -2.10. The van der Waals surface area contributed by atoms with E-state index in [1.807, 2.05) is 37.3 Å². The lowest BCUT2D eigenvalue weighted by atomic mass is 10.2. The largest absolute Gasteiger partial charge is 0.465 e. The van der Waals surface area contributed by atoms with Crippen LogP contribution in [0.15, 0.2) is 54.6 Å². The van der Waals surface area contributed by atoms with Gasteiger partial charge >= 0.3 is 5.97 Å². The number of amides is 2. The average molecular weight is 442 g/mol. The number of rotatable bonds is 10. The maximum absolute atomic E-state index is 12.0. The summed E-state index contributed by atoms with van der Waals surface area (Å²) in [5.41, 5.74) is 2.26. The maximum Gasteiger partial charge on any atom is 0.306 e. The minimum absolute atomic E-state index is 0.0230. The molecule has 0 radical (unpaired) electrons. The molecule has 2 rings (SSSR count). The third kappa shape index (κ3) is 9.39. The van der Waals surface area contributed by atoms with Gasteiger partial charge in [-0.3, -0.25) is 14.4 Å². The van der Waals surface area contributed by atoms with E-state index >= 15 is 0 Å². The fraction of sp³-hybridized carbons (Fsp3) is 0.304. The molecular formula is C23H27N3O4S. The molecule has 2 amide bonds. The first-order valence-corrected chi connectivity index (χ1v) is 10.6. The Balaban J connectivity index is 1.65. The van der Waals surface area contributed by atoms with Gasteiger partial charge < -0.3 is 20.7 Å². The Morgan fingerprint density at radius 1 is 0.968 bits per heavy atom. The molecule has 0 aliphatic carbocycles. The van der Waals surface area contributed by atoms with Crippen LogP contribution >= 0.6 is 12.2 Å². The number of esters is 1. The van der Waals surface area contributed by atoms with E-state index in [4.69, 9.17) is 17.0 Å². The van der Waals surface area contributed by atoms with Gasteiger partial charge in [0.1, 0.15) is 0 Å². The minimum Gasteiger partial charge on any atom is -0.465 e. The summed E-state index contributed by atoms with van der Waals surface area (Å²) in [5, 5.41) is 8.31. The van der Waals surface area contributed by atoms with Crippen molar-refractivity contribution in [1.29, 1.82) is 0 Å². The first-order valence-electron chi connectivity index (χ1n) is 10.2. The van der Waals surface area contributed by atoms with Crippen LogP contribution in [0, 0.1) is 0 Å². The molecule has 0 heterocycles. The van der Waals surface area contributed by atoms with Crippen molar-refractivity contribution >= 4 is 40.8 Å². The van der Waals surface area contributed by atoms with Crippen molar-refractivity contribution in [2.45, 2.75) is 32.6 Å². The van der Waals surface area contributed by atoms with Gasteiger partial charge in [-0.05, 0) is 48.5 Å².